The number of aryl methyl sites for hydroxylation is 2. The molecule has 2 fully saturated rings. The number of carbonyl (C=O) groups excluding carboxylic acids is 1. The first-order valence-corrected chi connectivity index (χ1v) is 15.5. The normalized spacial score (nSPS) is 19.0. The predicted octanol–water partition coefficient (Wildman–Crippen LogP) is 6.98. The summed E-state index contributed by atoms with van der Waals surface area (Å²) in [5, 5.41) is 9.52. The van der Waals surface area contributed by atoms with E-state index in [4.69, 9.17) is 14.5 Å². The van der Waals surface area contributed by atoms with E-state index in [0.29, 0.717) is 24.9 Å². The van der Waals surface area contributed by atoms with Gasteiger partial charge in [0.1, 0.15) is 0 Å². The Kier molecular flexibility index (Phi) is 8.31. The molecule has 8 heteroatoms. The lowest BCUT2D eigenvalue weighted by atomic mass is 9.63. The van der Waals surface area contributed by atoms with Gasteiger partial charge in [-0.3, -0.25) is 4.98 Å². The highest BCUT2D eigenvalue weighted by Crippen LogP contribution is 2.51. The van der Waals surface area contributed by atoms with Crippen molar-refractivity contribution >= 4 is 17.7 Å². The number of piperidine rings is 1. The third kappa shape index (κ3) is 6.14. The summed E-state index contributed by atoms with van der Waals surface area (Å²) in [5.74, 6) is -0.396. The van der Waals surface area contributed by atoms with E-state index in [-0.39, 0.29) is 6.10 Å². The van der Waals surface area contributed by atoms with Crippen molar-refractivity contribution in [3.63, 3.8) is 0 Å². The first kappa shape index (κ1) is 30.3. The van der Waals surface area contributed by atoms with Crippen molar-refractivity contribution in [1.29, 1.82) is 0 Å². The van der Waals surface area contributed by atoms with Gasteiger partial charge in [-0.2, -0.15) is 0 Å². The Labute approximate surface area is 250 Å². The molecule has 1 aliphatic carbocycles. The summed E-state index contributed by atoms with van der Waals surface area (Å²) in [5.41, 5.74) is 7.62. The second kappa shape index (κ2) is 11.5. The van der Waals surface area contributed by atoms with Gasteiger partial charge in [0.25, 0.3) is 0 Å². The highest BCUT2D eigenvalue weighted by atomic mass is 16.6. The van der Waals surface area contributed by atoms with Crippen molar-refractivity contribution in [2.45, 2.75) is 111 Å². The maximum absolute atomic E-state index is 13.7. The fourth-order valence-electron chi connectivity index (χ4n) is 6.96. The van der Waals surface area contributed by atoms with Crippen LogP contribution in [0.5, 0.6) is 0 Å². The monoisotopic (exact) mass is 577 g/mol. The molecule has 8 nitrogen and oxygen atoms in total. The number of carboxylic acid groups (broad SMARTS) is 1. The molecule has 1 atom stereocenters. The number of aromatic nitrogens is 1. The summed E-state index contributed by atoms with van der Waals surface area (Å²) in [6.07, 6.45) is 4.81. The van der Waals surface area contributed by atoms with Crippen molar-refractivity contribution in [1.82, 2.24) is 9.88 Å². The van der Waals surface area contributed by atoms with Gasteiger partial charge in [0.15, 0.2) is 6.10 Å². The maximum Gasteiger partial charge on any atom is 0.407 e. The molecule has 228 valence electrons. The summed E-state index contributed by atoms with van der Waals surface area (Å²) < 4.78 is 12.3. The number of rotatable bonds is 6. The number of pyridine rings is 1. The van der Waals surface area contributed by atoms with E-state index < -0.39 is 23.8 Å². The molecule has 0 radical (unpaired) electrons. The maximum atomic E-state index is 13.7. The van der Waals surface area contributed by atoms with Crippen molar-refractivity contribution in [3.05, 3.63) is 46.3 Å². The van der Waals surface area contributed by atoms with Crippen LogP contribution in [0.15, 0.2) is 18.2 Å². The number of fused-ring (bicyclic) bond motifs is 1. The lowest BCUT2D eigenvalue weighted by Crippen LogP contribution is -2.44. The van der Waals surface area contributed by atoms with Gasteiger partial charge >= 0.3 is 12.1 Å². The molecule has 5 rings (SSSR count). The third-order valence-electron chi connectivity index (χ3n) is 9.21. The number of ether oxygens (including phenoxy) is 2. The smallest absolute Gasteiger partial charge is 0.407 e. The standard InChI is InChI=1S/C34H47N3O5/c1-21(2)41-31(38)30(42-33(5,6)7)28-23(4)35-22(3)27(29(28)36-17-14-34(15-18-36)12-8-13-34)25-9-10-26-20-37(32(39)40)16-11-24(26)19-25/h9-10,19,21,30H,8,11-18,20H2,1-7H3,(H,39,40). The van der Waals surface area contributed by atoms with E-state index in [1.165, 1.54) is 24.2 Å². The van der Waals surface area contributed by atoms with Crippen LogP contribution in [0.2, 0.25) is 0 Å². The fraction of sp³-hybridized carbons (Fsp3) is 0.618. The Balaban J connectivity index is 1.67. The van der Waals surface area contributed by atoms with Gasteiger partial charge in [0.05, 0.1) is 17.4 Å². The van der Waals surface area contributed by atoms with Crippen LogP contribution in [0.3, 0.4) is 0 Å². The second-order valence-electron chi connectivity index (χ2n) is 13.8. The minimum atomic E-state index is -0.921. The second-order valence-corrected chi connectivity index (χ2v) is 13.8. The molecule has 2 aliphatic heterocycles. The number of anilines is 1. The van der Waals surface area contributed by atoms with E-state index >= 15 is 0 Å². The molecule has 1 aromatic heterocycles. The van der Waals surface area contributed by atoms with E-state index in [0.717, 1.165) is 70.8 Å². The van der Waals surface area contributed by atoms with Crippen LogP contribution < -0.4 is 4.90 Å². The van der Waals surface area contributed by atoms with Gasteiger partial charge in [-0.05, 0) is 103 Å². The lowest BCUT2D eigenvalue weighted by molar-refractivity contribution is -0.171. The molecule has 42 heavy (non-hydrogen) atoms. The zero-order valence-electron chi connectivity index (χ0n) is 26.4. The molecule has 1 aromatic carbocycles. The summed E-state index contributed by atoms with van der Waals surface area (Å²) in [6, 6.07) is 6.34. The van der Waals surface area contributed by atoms with Gasteiger partial charge in [-0.25, -0.2) is 9.59 Å². The van der Waals surface area contributed by atoms with E-state index in [1.807, 2.05) is 48.5 Å². The summed E-state index contributed by atoms with van der Waals surface area (Å²) in [7, 11) is 0. The average molecular weight is 578 g/mol. The average Bonchev–Trinajstić information content (AvgIpc) is 2.89. The minimum absolute atomic E-state index is 0.273. The van der Waals surface area contributed by atoms with Crippen LogP contribution in [0.1, 0.15) is 101 Å². The van der Waals surface area contributed by atoms with Gasteiger partial charge in [-0.15, -0.1) is 0 Å². The fourth-order valence-corrected chi connectivity index (χ4v) is 6.96. The molecule has 1 N–H and O–H groups in total. The minimum Gasteiger partial charge on any atom is -0.465 e. The Bertz CT molecular complexity index is 1350. The molecule has 0 bridgehead atoms. The SMILES string of the molecule is Cc1nc(C)c(C(OC(C)(C)C)C(=O)OC(C)C)c(N2CCC3(CCC3)CC2)c1-c1ccc2c(c1)CCN(C(=O)O)C2. The molecular formula is C34H47N3O5. The molecule has 2 aromatic rings. The van der Waals surface area contributed by atoms with Crippen LogP contribution in [-0.2, 0) is 27.2 Å². The topological polar surface area (TPSA) is 92.2 Å². The van der Waals surface area contributed by atoms with Gasteiger partial charge in [0, 0.05) is 48.7 Å². The van der Waals surface area contributed by atoms with Crippen LogP contribution >= 0.6 is 0 Å². The van der Waals surface area contributed by atoms with Crippen LogP contribution in [0, 0.1) is 19.3 Å². The van der Waals surface area contributed by atoms with E-state index in [9.17, 15) is 14.7 Å². The highest BCUT2D eigenvalue weighted by molar-refractivity contribution is 5.88. The molecule has 1 amide bonds. The number of nitrogens with zero attached hydrogens (tertiary/aromatic N) is 3. The van der Waals surface area contributed by atoms with E-state index in [1.54, 1.807) is 0 Å². The number of carbonyl (C=O) groups is 2. The Morgan fingerprint density at radius 3 is 2.26 bits per heavy atom. The molecule has 1 spiro atoms. The molecule has 3 aliphatic rings. The molecular weight excluding hydrogens is 530 g/mol. The molecule has 1 saturated heterocycles. The third-order valence-corrected chi connectivity index (χ3v) is 9.21. The van der Waals surface area contributed by atoms with Crippen molar-refractivity contribution in [2.75, 3.05) is 24.5 Å². The Morgan fingerprint density at radius 1 is 1.00 bits per heavy atom. The first-order chi connectivity index (χ1) is 19.8. The van der Waals surface area contributed by atoms with Crippen molar-refractivity contribution < 1.29 is 24.2 Å². The van der Waals surface area contributed by atoms with Gasteiger partial charge in [-0.1, -0.05) is 24.6 Å². The first-order valence-electron chi connectivity index (χ1n) is 15.5. The molecule has 1 unspecified atom stereocenters. The van der Waals surface area contributed by atoms with Crippen molar-refractivity contribution in [2.24, 2.45) is 5.41 Å². The summed E-state index contributed by atoms with van der Waals surface area (Å²) in [4.78, 5) is 34.3. The largest absolute Gasteiger partial charge is 0.465 e. The summed E-state index contributed by atoms with van der Waals surface area (Å²) >= 11 is 0. The lowest BCUT2D eigenvalue weighted by Gasteiger charge is -2.49. The van der Waals surface area contributed by atoms with Gasteiger partial charge in [0.2, 0.25) is 0 Å². The van der Waals surface area contributed by atoms with Crippen LogP contribution in [0.4, 0.5) is 10.5 Å². The Hall–Kier alpha value is -3.13. The molecule has 1 saturated carbocycles. The van der Waals surface area contributed by atoms with Gasteiger partial charge < -0.3 is 24.4 Å². The Morgan fingerprint density at radius 2 is 1.69 bits per heavy atom. The van der Waals surface area contributed by atoms with Crippen molar-refractivity contribution in [3.8, 4) is 11.1 Å². The predicted molar refractivity (Wildman–Crippen MR) is 164 cm³/mol. The van der Waals surface area contributed by atoms with E-state index in [2.05, 4.69) is 23.1 Å². The quantitative estimate of drug-likeness (QED) is 0.370. The number of hydrogen-bond donors (Lipinski definition) is 1. The highest BCUT2D eigenvalue weighted by Gasteiger charge is 2.42. The van der Waals surface area contributed by atoms with Crippen LogP contribution in [0.25, 0.3) is 11.1 Å². The van der Waals surface area contributed by atoms with Crippen LogP contribution in [-0.4, -0.2) is 58.4 Å². The molecule has 3 heterocycles. The number of esters is 1. The number of hydrogen-bond acceptors (Lipinski definition) is 6. The summed E-state index contributed by atoms with van der Waals surface area (Å²) in [6.45, 7) is 16.3. The number of benzene rings is 1. The zero-order chi connectivity index (χ0) is 30.4. The number of amides is 1. The zero-order valence-corrected chi connectivity index (χ0v) is 26.4.